The number of nitrogens with one attached hydrogen (secondary N) is 2. The molecular weight excluding hydrogens is 322 g/mol. The Kier molecular flexibility index (Phi) is 5.39. The maximum Gasteiger partial charge on any atom is 0.239 e. The van der Waals surface area contributed by atoms with Crippen LogP contribution < -0.4 is 10.6 Å². The molecule has 1 aromatic rings. The van der Waals surface area contributed by atoms with Crippen LogP contribution in [0, 0.1) is 11.3 Å². The molecule has 2 rings (SSSR count). The van der Waals surface area contributed by atoms with E-state index in [-0.39, 0.29) is 18.5 Å². The Bertz CT molecular complexity index is 522. The molecule has 0 unspecified atom stereocenters. The highest BCUT2D eigenvalue weighted by Crippen LogP contribution is 2.20. The molecule has 1 aliphatic rings. The summed E-state index contributed by atoms with van der Waals surface area (Å²) in [7, 11) is 0. The molecule has 0 spiro atoms. The summed E-state index contributed by atoms with van der Waals surface area (Å²) in [6.07, 6.45) is 1.71. The number of nitrogens with zero attached hydrogens (tertiary/aromatic N) is 1. The lowest BCUT2D eigenvalue weighted by atomic mass is 10.1. The first-order chi connectivity index (χ1) is 9.69. The van der Waals surface area contributed by atoms with Crippen molar-refractivity contribution in [1.82, 2.24) is 5.32 Å². The fraction of sp³-hybridized carbons (Fsp3) is 0.429. The van der Waals surface area contributed by atoms with Gasteiger partial charge in [-0.1, -0.05) is 15.9 Å². The lowest BCUT2D eigenvalue weighted by molar-refractivity contribution is -0.120. The Hall–Kier alpha value is -1.58. The highest BCUT2D eigenvalue weighted by atomic mass is 79.9. The van der Waals surface area contributed by atoms with Gasteiger partial charge in [-0.25, -0.2) is 0 Å². The molecule has 0 atom stereocenters. The molecule has 2 N–H and O–H groups in total. The van der Waals surface area contributed by atoms with Crippen molar-refractivity contribution in [3.63, 3.8) is 0 Å². The van der Waals surface area contributed by atoms with Crippen molar-refractivity contribution in [2.45, 2.75) is 18.9 Å². The molecule has 0 radical (unpaired) electrons. The number of hydrogen-bond donors (Lipinski definition) is 2. The number of benzene rings is 1. The van der Waals surface area contributed by atoms with E-state index in [0.29, 0.717) is 24.5 Å². The summed E-state index contributed by atoms with van der Waals surface area (Å²) >= 11 is 3.35. The van der Waals surface area contributed by atoms with E-state index in [1.807, 2.05) is 0 Å². The number of ether oxygens (including phenoxy) is 1. The van der Waals surface area contributed by atoms with Gasteiger partial charge in [0, 0.05) is 23.7 Å². The van der Waals surface area contributed by atoms with Crippen LogP contribution in [0.4, 0.5) is 5.69 Å². The predicted octanol–water partition coefficient (Wildman–Crippen LogP) is 2.03. The van der Waals surface area contributed by atoms with Gasteiger partial charge in [0.25, 0.3) is 0 Å². The average molecular weight is 338 g/mol. The zero-order valence-corrected chi connectivity index (χ0v) is 12.6. The van der Waals surface area contributed by atoms with E-state index in [1.54, 1.807) is 18.2 Å². The SMILES string of the molecule is N#Cc1ccc(Br)cc1NCC(=O)NC1CCOCC1. The molecule has 0 bridgehead atoms. The number of rotatable bonds is 4. The molecule has 1 aromatic carbocycles. The van der Waals surface area contributed by atoms with Crippen LogP contribution in [0.3, 0.4) is 0 Å². The third kappa shape index (κ3) is 4.22. The van der Waals surface area contributed by atoms with E-state index in [1.165, 1.54) is 0 Å². The van der Waals surface area contributed by atoms with Crippen molar-refractivity contribution in [2.24, 2.45) is 0 Å². The largest absolute Gasteiger partial charge is 0.381 e. The first-order valence-corrected chi connectivity index (χ1v) is 7.29. The standard InChI is InChI=1S/C14H16BrN3O2/c15-11-2-1-10(8-16)13(7-11)17-9-14(19)18-12-3-5-20-6-4-12/h1-2,7,12,17H,3-6,9H2,(H,18,19). The molecule has 1 fully saturated rings. The van der Waals surface area contributed by atoms with Gasteiger partial charge in [-0.15, -0.1) is 0 Å². The van der Waals surface area contributed by atoms with Gasteiger partial charge >= 0.3 is 0 Å². The number of anilines is 1. The Morgan fingerprint density at radius 3 is 2.90 bits per heavy atom. The molecule has 0 saturated carbocycles. The van der Waals surface area contributed by atoms with E-state index < -0.39 is 0 Å². The van der Waals surface area contributed by atoms with E-state index in [4.69, 9.17) is 10.00 Å². The van der Waals surface area contributed by atoms with Crippen LogP contribution in [0.2, 0.25) is 0 Å². The van der Waals surface area contributed by atoms with E-state index in [2.05, 4.69) is 32.6 Å². The Morgan fingerprint density at radius 1 is 1.45 bits per heavy atom. The van der Waals surface area contributed by atoms with Gasteiger partial charge in [0.15, 0.2) is 0 Å². The van der Waals surface area contributed by atoms with Gasteiger partial charge < -0.3 is 15.4 Å². The Labute approximate surface area is 126 Å². The minimum absolute atomic E-state index is 0.0687. The van der Waals surface area contributed by atoms with Crippen LogP contribution in [0.5, 0.6) is 0 Å². The number of nitriles is 1. The minimum Gasteiger partial charge on any atom is -0.381 e. The van der Waals surface area contributed by atoms with Crippen LogP contribution >= 0.6 is 15.9 Å². The maximum absolute atomic E-state index is 11.9. The quantitative estimate of drug-likeness (QED) is 0.881. The summed E-state index contributed by atoms with van der Waals surface area (Å²) in [6, 6.07) is 7.59. The highest BCUT2D eigenvalue weighted by Gasteiger charge is 2.16. The third-order valence-corrected chi connectivity index (χ3v) is 3.62. The highest BCUT2D eigenvalue weighted by molar-refractivity contribution is 9.10. The molecule has 106 valence electrons. The van der Waals surface area contributed by atoms with Gasteiger partial charge in [0.1, 0.15) is 6.07 Å². The van der Waals surface area contributed by atoms with E-state index >= 15 is 0 Å². The van der Waals surface area contributed by atoms with Gasteiger partial charge in [0.05, 0.1) is 17.8 Å². The normalized spacial score (nSPS) is 15.4. The molecule has 1 heterocycles. The molecule has 1 saturated heterocycles. The maximum atomic E-state index is 11.9. The lowest BCUT2D eigenvalue weighted by Gasteiger charge is -2.23. The van der Waals surface area contributed by atoms with E-state index in [0.717, 1.165) is 17.3 Å². The Morgan fingerprint density at radius 2 is 2.20 bits per heavy atom. The van der Waals surface area contributed by atoms with Gasteiger partial charge in [-0.3, -0.25) is 4.79 Å². The number of hydrogen-bond acceptors (Lipinski definition) is 4. The zero-order valence-electron chi connectivity index (χ0n) is 11.0. The molecule has 1 aliphatic heterocycles. The number of amides is 1. The average Bonchev–Trinajstić information content (AvgIpc) is 2.46. The molecular formula is C14H16BrN3O2. The predicted molar refractivity (Wildman–Crippen MR) is 79.3 cm³/mol. The van der Waals surface area contributed by atoms with Crippen LogP contribution in [-0.2, 0) is 9.53 Å². The summed E-state index contributed by atoms with van der Waals surface area (Å²) in [6.45, 7) is 1.55. The minimum atomic E-state index is -0.0687. The smallest absolute Gasteiger partial charge is 0.239 e. The van der Waals surface area contributed by atoms with Crippen molar-refractivity contribution in [2.75, 3.05) is 25.1 Å². The van der Waals surface area contributed by atoms with Gasteiger partial charge in [0.2, 0.25) is 5.91 Å². The number of halogens is 1. The zero-order chi connectivity index (χ0) is 14.4. The summed E-state index contributed by atoms with van der Waals surface area (Å²) in [4.78, 5) is 11.9. The van der Waals surface area contributed by atoms with Gasteiger partial charge in [-0.2, -0.15) is 5.26 Å². The summed E-state index contributed by atoms with van der Waals surface area (Å²) in [5, 5.41) is 15.0. The number of carbonyl (C=O) groups is 1. The van der Waals surface area contributed by atoms with Gasteiger partial charge in [-0.05, 0) is 31.0 Å². The van der Waals surface area contributed by atoms with Crippen LogP contribution in [0.1, 0.15) is 18.4 Å². The fourth-order valence-corrected chi connectivity index (χ4v) is 2.42. The number of carbonyl (C=O) groups excluding carboxylic acids is 1. The topological polar surface area (TPSA) is 74.2 Å². The molecule has 6 heteroatoms. The summed E-state index contributed by atoms with van der Waals surface area (Å²) in [5.41, 5.74) is 1.18. The van der Waals surface area contributed by atoms with Crippen molar-refractivity contribution in [3.05, 3.63) is 28.2 Å². The first kappa shape index (κ1) is 14.8. The molecule has 1 amide bonds. The molecule has 0 aromatic heterocycles. The second kappa shape index (κ2) is 7.27. The molecule has 20 heavy (non-hydrogen) atoms. The molecule has 0 aliphatic carbocycles. The van der Waals surface area contributed by atoms with Crippen molar-refractivity contribution in [1.29, 1.82) is 5.26 Å². The molecule has 5 nitrogen and oxygen atoms in total. The fourth-order valence-electron chi connectivity index (χ4n) is 2.06. The Balaban J connectivity index is 1.86. The lowest BCUT2D eigenvalue weighted by Crippen LogP contribution is -2.41. The van der Waals surface area contributed by atoms with Crippen LogP contribution in [0.25, 0.3) is 0 Å². The first-order valence-electron chi connectivity index (χ1n) is 6.49. The van der Waals surface area contributed by atoms with Crippen molar-refractivity contribution in [3.8, 4) is 6.07 Å². The summed E-state index contributed by atoms with van der Waals surface area (Å²) in [5.74, 6) is -0.0687. The van der Waals surface area contributed by atoms with E-state index in [9.17, 15) is 4.79 Å². The third-order valence-electron chi connectivity index (χ3n) is 3.13. The second-order valence-electron chi connectivity index (χ2n) is 4.61. The van der Waals surface area contributed by atoms with Crippen molar-refractivity contribution >= 4 is 27.5 Å². The van der Waals surface area contributed by atoms with Crippen LogP contribution in [-0.4, -0.2) is 31.7 Å². The monoisotopic (exact) mass is 337 g/mol. The van der Waals surface area contributed by atoms with Crippen molar-refractivity contribution < 1.29 is 9.53 Å². The van der Waals surface area contributed by atoms with Crippen LogP contribution in [0.15, 0.2) is 22.7 Å². The second-order valence-corrected chi connectivity index (χ2v) is 5.53. The summed E-state index contributed by atoms with van der Waals surface area (Å²) < 4.78 is 6.11.